The Morgan fingerprint density at radius 1 is 1.33 bits per heavy atom. The van der Waals surface area contributed by atoms with Crippen LogP contribution in [0.3, 0.4) is 0 Å². The van der Waals surface area contributed by atoms with E-state index in [1.54, 1.807) is 11.3 Å². The molecule has 0 aliphatic rings. The zero-order valence-corrected chi connectivity index (χ0v) is 9.79. The summed E-state index contributed by atoms with van der Waals surface area (Å²) in [6, 6.07) is 8.29. The van der Waals surface area contributed by atoms with E-state index in [2.05, 4.69) is 30.1 Å². The van der Waals surface area contributed by atoms with Gasteiger partial charge in [-0.3, -0.25) is 0 Å². The number of para-hydroxylation sites is 1. The van der Waals surface area contributed by atoms with E-state index in [1.165, 1.54) is 5.56 Å². The first-order valence-corrected chi connectivity index (χ1v) is 5.92. The minimum Gasteiger partial charge on any atom is -0.327 e. The maximum Gasteiger partial charge on any atom is 0.189 e. The molecule has 1 aromatic heterocycles. The lowest BCUT2D eigenvalue weighted by atomic mass is 10.1. The molecule has 1 heterocycles. The molecular weight excluding hydrogens is 204 g/mol. The van der Waals surface area contributed by atoms with Gasteiger partial charge in [-0.25, -0.2) is 4.99 Å². The average Bonchev–Trinajstić information content (AvgIpc) is 2.65. The fourth-order valence-corrected chi connectivity index (χ4v) is 2.20. The van der Waals surface area contributed by atoms with Crippen molar-refractivity contribution in [2.75, 3.05) is 0 Å². The molecule has 1 aromatic carbocycles. The average molecular weight is 218 g/mol. The van der Waals surface area contributed by atoms with Crippen LogP contribution in [0.15, 0.2) is 40.8 Å². The van der Waals surface area contributed by atoms with Crippen LogP contribution in [-0.4, -0.2) is 4.57 Å². The lowest BCUT2D eigenvalue weighted by molar-refractivity contribution is 0.872. The second-order valence-electron chi connectivity index (χ2n) is 3.39. The van der Waals surface area contributed by atoms with Crippen molar-refractivity contribution < 1.29 is 0 Å². The van der Waals surface area contributed by atoms with E-state index >= 15 is 0 Å². The molecule has 0 bridgehead atoms. The van der Waals surface area contributed by atoms with Gasteiger partial charge in [-0.15, -0.1) is 11.3 Å². The van der Waals surface area contributed by atoms with Gasteiger partial charge in [-0.1, -0.05) is 25.1 Å². The zero-order valence-electron chi connectivity index (χ0n) is 8.97. The summed E-state index contributed by atoms with van der Waals surface area (Å²) in [7, 11) is 2.02. The Balaban J connectivity index is 2.52. The highest BCUT2D eigenvalue weighted by Gasteiger charge is 1.97. The van der Waals surface area contributed by atoms with E-state index in [9.17, 15) is 0 Å². The second-order valence-corrected chi connectivity index (χ2v) is 4.26. The molecule has 2 rings (SSSR count). The van der Waals surface area contributed by atoms with E-state index in [1.807, 2.05) is 29.3 Å². The van der Waals surface area contributed by atoms with Crippen LogP contribution >= 0.6 is 11.3 Å². The lowest BCUT2D eigenvalue weighted by Crippen LogP contribution is -2.08. The Bertz CT molecular complexity index is 508. The third-order valence-electron chi connectivity index (χ3n) is 2.35. The molecule has 78 valence electrons. The van der Waals surface area contributed by atoms with Crippen molar-refractivity contribution in [2.45, 2.75) is 13.3 Å². The van der Waals surface area contributed by atoms with Crippen molar-refractivity contribution in [2.24, 2.45) is 12.0 Å². The molecule has 0 N–H and O–H groups in total. The molecule has 0 atom stereocenters. The van der Waals surface area contributed by atoms with Gasteiger partial charge in [0.15, 0.2) is 4.80 Å². The van der Waals surface area contributed by atoms with E-state index in [4.69, 9.17) is 0 Å². The molecule has 2 nitrogen and oxygen atoms in total. The van der Waals surface area contributed by atoms with Crippen molar-refractivity contribution in [3.8, 4) is 0 Å². The van der Waals surface area contributed by atoms with Gasteiger partial charge >= 0.3 is 0 Å². The first-order chi connectivity index (χ1) is 7.31. The first kappa shape index (κ1) is 10.2. The molecule has 0 fully saturated rings. The van der Waals surface area contributed by atoms with E-state index in [0.29, 0.717) is 0 Å². The molecule has 15 heavy (non-hydrogen) atoms. The minimum absolute atomic E-state index is 1.02. The quantitative estimate of drug-likeness (QED) is 0.737. The molecule has 0 saturated heterocycles. The molecule has 0 saturated carbocycles. The summed E-state index contributed by atoms with van der Waals surface area (Å²) in [5.41, 5.74) is 2.38. The third kappa shape index (κ3) is 2.18. The van der Waals surface area contributed by atoms with Crippen LogP contribution in [0.25, 0.3) is 0 Å². The van der Waals surface area contributed by atoms with Gasteiger partial charge in [0.05, 0.1) is 5.69 Å². The Hall–Kier alpha value is -1.35. The van der Waals surface area contributed by atoms with Crippen LogP contribution in [0.5, 0.6) is 0 Å². The lowest BCUT2D eigenvalue weighted by Gasteiger charge is -2.00. The Labute approximate surface area is 93.5 Å². The molecule has 0 aliphatic heterocycles. The van der Waals surface area contributed by atoms with Crippen molar-refractivity contribution in [3.05, 3.63) is 46.2 Å². The fourth-order valence-electron chi connectivity index (χ4n) is 1.46. The molecule has 0 aliphatic carbocycles. The highest BCUT2D eigenvalue weighted by Crippen LogP contribution is 2.18. The summed E-state index contributed by atoms with van der Waals surface area (Å²) in [6.07, 6.45) is 3.05. The molecule has 0 radical (unpaired) electrons. The number of hydrogen-bond donors (Lipinski definition) is 0. The van der Waals surface area contributed by atoms with Crippen molar-refractivity contribution in [1.82, 2.24) is 4.57 Å². The van der Waals surface area contributed by atoms with E-state index in [0.717, 1.165) is 16.9 Å². The summed E-state index contributed by atoms with van der Waals surface area (Å²) in [6.45, 7) is 2.16. The van der Waals surface area contributed by atoms with E-state index in [-0.39, 0.29) is 0 Å². The Morgan fingerprint density at radius 3 is 2.80 bits per heavy atom. The van der Waals surface area contributed by atoms with Gasteiger partial charge in [0.1, 0.15) is 0 Å². The van der Waals surface area contributed by atoms with Crippen molar-refractivity contribution in [3.63, 3.8) is 0 Å². The molecule has 0 unspecified atom stereocenters. The number of thiazole rings is 1. The minimum atomic E-state index is 1.02. The molecule has 3 heteroatoms. The standard InChI is InChI=1S/C12H14N2S/c1-3-10-6-4-5-7-11(10)13-12-14(2)8-9-15-12/h4-9H,3H2,1-2H3. The number of rotatable bonds is 2. The Morgan fingerprint density at radius 2 is 2.13 bits per heavy atom. The normalized spacial score (nSPS) is 12.0. The summed E-state index contributed by atoms with van der Waals surface area (Å²) < 4.78 is 2.04. The maximum absolute atomic E-state index is 4.65. The van der Waals surface area contributed by atoms with Crippen LogP contribution in [0.4, 0.5) is 5.69 Å². The number of benzene rings is 1. The summed E-state index contributed by atoms with van der Waals surface area (Å²) in [5.74, 6) is 0. The predicted octanol–water partition coefficient (Wildman–Crippen LogP) is 2.88. The van der Waals surface area contributed by atoms with Crippen LogP contribution < -0.4 is 4.80 Å². The van der Waals surface area contributed by atoms with Crippen LogP contribution in [0.2, 0.25) is 0 Å². The topological polar surface area (TPSA) is 17.3 Å². The van der Waals surface area contributed by atoms with Gasteiger partial charge in [0.25, 0.3) is 0 Å². The van der Waals surface area contributed by atoms with Crippen LogP contribution in [0, 0.1) is 0 Å². The fraction of sp³-hybridized carbons (Fsp3) is 0.250. The summed E-state index contributed by atoms with van der Waals surface area (Å²) in [5, 5.41) is 2.05. The van der Waals surface area contributed by atoms with E-state index < -0.39 is 0 Å². The maximum atomic E-state index is 4.65. The smallest absolute Gasteiger partial charge is 0.189 e. The van der Waals surface area contributed by atoms with Crippen LogP contribution in [0.1, 0.15) is 12.5 Å². The zero-order chi connectivity index (χ0) is 10.7. The number of nitrogens with zero attached hydrogens (tertiary/aromatic N) is 2. The van der Waals surface area contributed by atoms with Crippen molar-refractivity contribution >= 4 is 17.0 Å². The van der Waals surface area contributed by atoms with Crippen LogP contribution in [-0.2, 0) is 13.5 Å². The number of hydrogen-bond acceptors (Lipinski definition) is 2. The van der Waals surface area contributed by atoms with Gasteiger partial charge in [0.2, 0.25) is 0 Å². The highest BCUT2D eigenvalue weighted by molar-refractivity contribution is 7.07. The van der Waals surface area contributed by atoms with Gasteiger partial charge in [0, 0.05) is 18.6 Å². The monoisotopic (exact) mass is 218 g/mol. The number of aromatic nitrogens is 1. The third-order valence-corrected chi connectivity index (χ3v) is 3.20. The SMILES string of the molecule is CCc1ccccc1N=c1sccn1C. The molecule has 2 aromatic rings. The van der Waals surface area contributed by atoms with Gasteiger partial charge < -0.3 is 4.57 Å². The van der Waals surface area contributed by atoms with Gasteiger partial charge in [-0.05, 0) is 18.1 Å². The molecular formula is C12H14N2S. The van der Waals surface area contributed by atoms with Gasteiger partial charge in [-0.2, -0.15) is 0 Å². The largest absolute Gasteiger partial charge is 0.327 e. The number of aryl methyl sites for hydroxylation is 2. The van der Waals surface area contributed by atoms with Crippen molar-refractivity contribution in [1.29, 1.82) is 0 Å². The summed E-state index contributed by atoms with van der Waals surface area (Å²) >= 11 is 1.66. The Kier molecular flexibility index (Phi) is 3.02. The molecule has 0 spiro atoms. The molecule has 0 amide bonds. The second kappa shape index (κ2) is 4.45. The highest BCUT2D eigenvalue weighted by atomic mass is 32.1. The first-order valence-electron chi connectivity index (χ1n) is 5.04. The predicted molar refractivity (Wildman–Crippen MR) is 64.3 cm³/mol. The summed E-state index contributed by atoms with van der Waals surface area (Å²) in [4.78, 5) is 5.69.